The molecule has 1 aliphatic carbocycles. The molecule has 0 heterocycles. The van der Waals surface area contributed by atoms with Crippen LogP contribution < -0.4 is 0 Å². The quantitative estimate of drug-likeness (QED) is 0.130. The number of alkyl halides is 9. The molecule has 0 spiro atoms. The van der Waals surface area contributed by atoms with Crippen molar-refractivity contribution in [3.05, 3.63) is 36.5 Å². The van der Waals surface area contributed by atoms with Gasteiger partial charge in [0.1, 0.15) is 0 Å². The zero-order valence-corrected chi connectivity index (χ0v) is 21.2. The maximum absolute atomic E-state index is 15.8. The van der Waals surface area contributed by atoms with Crippen molar-refractivity contribution in [2.45, 2.75) is 74.8 Å². The molecule has 0 N–H and O–H groups in total. The molecular weight excluding hydrogens is 555 g/mol. The summed E-state index contributed by atoms with van der Waals surface area (Å²) in [5.74, 6) is -23.3. The average molecular weight is 582 g/mol. The van der Waals surface area contributed by atoms with Gasteiger partial charge in [-0.3, -0.25) is 0 Å². The minimum absolute atomic E-state index is 0.394. The molecule has 0 atom stereocenters. The topological polar surface area (TPSA) is 78.9 Å². The highest BCUT2D eigenvalue weighted by Gasteiger charge is 2.97. The minimum atomic E-state index is -6.37. The fourth-order valence-electron chi connectivity index (χ4n) is 3.70. The van der Waals surface area contributed by atoms with Crippen LogP contribution in [0.2, 0.25) is 0 Å². The highest BCUT2D eigenvalue weighted by atomic mass is 19.3. The van der Waals surface area contributed by atoms with E-state index in [2.05, 4.69) is 33.9 Å². The molecule has 0 bridgehead atoms. The second-order valence-corrected chi connectivity index (χ2v) is 9.13. The van der Waals surface area contributed by atoms with E-state index in [0.717, 1.165) is 20.8 Å². The summed E-state index contributed by atoms with van der Waals surface area (Å²) in [5.41, 5.74) is -18.4. The summed E-state index contributed by atoms with van der Waals surface area (Å²) < 4.78 is 152. The van der Waals surface area contributed by atoms with Crippen LogP contribution in [-0.4, -0.2) is 72.5 Å². The summed E-state index contributed by atoms with van der Waals surface area (Å²) in [6, 6.07) is 0. The molecular formula is C24H27F9O6. The Balaban J connectivity index is 3.68. The van der Waals surface area contributed by atoms with Crippen molar-refractivity contribution < 1.29 is 68.1 Å². The van der Waals surface area contributed by atoms with Gasteiger partial charge in [-0.1, -0.05) is 19.7 Å². The van der Waals surface area contributed by atoms with Crippen LogP contribution in [0.25, 0.3) is 0 Å². The normalized spacial score (nSPS) is 28.6. The maximum atomic E-state index is 15.8. The highest BCUT2D eigenvalue weighted by molar-refractivity contribution is 5.87. The molecule has 15 heteroatoms. The van der Waals surface area contributed by atoms with Gasteiger partial charge in [0.15, 0.2) is 0 Å². The van der Waals surface area contributed by atoms with Gasteiger partial charge in [0, 0.05) is 36.0 Å². The lowest BCUT2D eigenvalue weighted by molar-refractivity contribution is -0.438. The monoisotopic (exact) mass is 582 g/mol. The van der Waals surface area contributed by atoms with Crippen molar-refractivity contribution in [1.82, 2.24) is 0 Å². The third kappa shape index (κ3) is 5.40. The van der Waals surface area contributed by atoms with E-state index in [4.69, 9.17) is 0 Å². The minimum Gasteiger partial charge on any atom is -0.462 e. The SMILES string of the molecule is C=C(C)C(=O)OCCC1(F)C(F)(F)C(F)(CCOC(=O)C(=C)C)C(F)(F)C(F)(CCOC(=O)C(=C)C)C1(F)F. The van der Waals surface area contributed by atoms with Gasteiger partial charge in [0.05, 0.1) is 19.8 Å². The van der Waals surface area contributed by atoms with Crippen LogP contribution >= 0.6 is 0 Å². The summed E-state index contributed by atoms with van der Waals surface area (Å²) in [6.45, 7) is 7.46. The van der Waals surface area contributed by atoms with Crippen molar-refractivity contribution in [2.24, 2.45) is 0 Å². The van der Waals surface area contributed by atoms with Crippen LogP contribution in [0.1, 0.15) is 40.0 Å². The summed E-state index contributed by atoms with van der Waals surface area (Å²) in [6.07, 6.45) is -7.05. The Morgan fingerprint density at radius 2 is 0.667 bits per heavy atom. The summed E-state index contributed by atoms with van der Waals surface area (Å²) in [5, 5.41) is 0. The fourth-order valence-corrected chi connectivity index (χ4v) is 3.70. The third-order valence-electron chi connectivity index (χ3n) is 6.07. The first-order valence-electron chi connectivity index (χ1n) is 11.2. The Kier molecular flexibility index (Phi) is 9.81. The summed E-state index contributed by atoms with van der Waals surface area (Å²) in [7, 11) is 0. The van der Waals surface area contributed by atoms with E-state index >= 15 is 39.5 Å². The van der Waals surface area contributed by atoms with Gasteiger partial charge < -0.3 is 14.2 Å². The van der Waals surface area contributed by atoms with Gasteiger partial charge >= 0.3 is 35.7 Å². The van der Waals surface area contributed by atoms with Crippen molar-refractivity contribution in [3.63, 3.8) is 0 Å². The summed E-state index contributed by atoms with van der Waals surface area (Å²) in [4.78, 5) is 34.5. The predicted octanol–water partition coefficient (Wildman–Crippen LogP) is 5.56. The standard InChI is InChI=1S/C24H27F9O6/c1-13(2)16(34)37-10-7-19(25)22(28,29)20(26,8-11-38-17(35)14(3)4)24(32,33)21(27,23(19,30)31)9-12-39-18(36)15(5)6/h1,3,5,7-12H2,2,4,6H3. The smallest absolute Gasteiger partial charge is 0.333 e. The Hall–Kier alpha value is -3.00. The molecule has 0 aromatic heterocycles. The number of halogens is 9. The molecule has 222 valence electrons. The van der Waals surface area contributed by atoms with Gasteiger partial charge in [0.2, 0.25) is 17.0 Å². The molecule has 1 aliphatic rings. The fraction of sp³-hybridized carbons (Fsp3) is 0.625. The van der Waals surface area contributed by atoms with Gasteiger partial charge in [-0.2, -0.15) is 26.3 Å². The zero-order valence-electron chi connectivity index (χ0n) is 21.2. The number of carbonyl (C=O) groups excluding carboxylic acids is 3. The first kappa shape index (κ1) is 34.0. The van der Waals surface area contributed by atoms with Crippen LogP contribution in [0.15, 0.2) is 36.5 Å². The molecule has 0 saturated heterocycles. The Morgan fingerprint density at radius 1 is 0.487 bits per heavy atom. The van der Waals surface area contributed by atoms with Crippen LogP contribution in [0.4, 0.5) is 39.5 Å². The Bertz CT molecular complexity index is 891. The molecule has 0 aromatic carbocycles. The number of hydrogen-bond acceptors (Lipinski definition) is 6. The van der Waals surface area contributed by atoms with Gasteiger partial charge in [-0.15, -0.1) is 0 Å². The average Bonchev–Trinajstić information content (AvgIpc) is 2.81. The number of hydrogen-bond donors (Lipinski definition) is 0. The van der Waals surface area contributed by atoms with Crippen LogP contribution in [-0.2, 0) is 28.6 Å². The number of carbonyl (C=O) groups is 3. The van der Waals surface area contributed by atoms with Crippen molar-refractivity contribution in [3.8, 4) is 0 Å². The largest absolute Gasteiger partial charge is 0.462 e. The molecule has 1 fully saturated rings. The summed E-state index contributed by atoms with van der Waals surface area (Å²) >= 11 is 0. The van der Waals surface area contributed by atoms with Crippen molar-refractivity contribution in [2.75, 3.05) is 19.8 Å². The second-order valence-electron chi connectivity index (χ2n) is 9.13. The molecule has 1 rings (SSSR count). The molecule has 0 unspecified atom stereocenters. The van der Waals surface area contributed by atoms with E-state index < -0.39 is 108 Å². The second kappa shape index (κ2) is 11.2. The van der Waals surface area contributed by atoms with E-state index in [1.54, 1.807) is 0 Å². The third-order valence-corrected chi connectivity index (χ3v) is 6.07. The Morgan fingerprint density at radius 3 is 0.821 bits per heavy atom. The molecule has 0 amide bonds. The Labute approximate surface area is 217 Å². The lowest BCUT2D eigenvalue weighted by atomic mass is 9.59. The van der Waals surface area contributed by atoms with Gasteiger partial charge in [0.25, 0.3) is 0 Å². The molecule has 6 nitrogen and oxygen atoms in total. The lowest BCUT2D eigenvalue weighted by Gasteiger charge is -2.58. The van der Waals surface area contributed by atoms with Crippen LogP contribution in [0.5, 0.6) is 0 Å². The number of esters is 3. The van der Waals surface area contributed by atoms with Crippen LogP contribution in [0, 0.1) is 0 Å². The molecule has 1 saturated carbocycles. The maximum Gasteiger partial charge on any atom is 0.333 e. The first-order chi connectivity index (χ1) is 17.5. The van der Waals surface area contributed by atoms with Crippen LogP contribution in [0.3, 0.4) is 0 Å². The molecule has 0 aliphatic heterocycles. The van der Waals surface area contributed by atoms with Gasteiger partial charge in [-0.25, -0.2) is 27.6 Å². The zero-order chi connectivity index (χ0) is 30.8. The first-order valence-corrected chi connectivity index (χ1v) is 11.2. The van der Waals surface area contributed by atoms with E-state index in [0.29, 0.717) is 0 Å². The predicted molar refractivity (Wildman–Crippen MR) is 118 cm³/mol. The highest BCUT2D eigenvalue weighted by Crippen LogP contribution is 2.70. The van der Waals surface area contributed by atoms with Crippen molar-refractivity contribution >= 4 is 17.9 Å². The molecule has 39 heavy (non-hydrogen) atoms. The van der Waals surface area contributed by atoms with Gasteiger partial charge in [-0.05, 0) is 20.8 Å². The van der Waals surface area contributed by atoms with E-state index in [1.165, 1.54) is 0 Å². The lowest BCUT2D eigenvalue weighted by Crippen LogP contribution is -2.86. The van der Waals surface area contributed by atoms with E-state index in [1.807, 2.05) is 0 Å². The molecule has 0 radical (unpaired) electrons. The van der Waals surface area contributed by atoms with Crippen molar-refractivity contribution in [1.29, 1.82) is 0 Å². The number of ether oxygens (including phenoxy) is 3. The van der Waals surface area contributed by atoms with E-state index in [9.17, 15) is 14.4 Å². The van der Waals surface area contributed by atoms with E-state index in [-0.39, 0.29) is 0 Å². The molecule has 0 aromatic rings. The number of rotatable bonds is 12.